The third-order valence-electron chi connectivity index (χ3n) is 1.45. The van der Waals surface area contributed by atoms with Gasteiger partial charge in [-0.15, -0.1) is 0 Å². The molecule has 1 aliphatic heterocycles. The van der Waals surface area contributed by atoms with Gasteiger partial charge in [-0.05, 0) is 0 Å². The first kappa shape index (κ1) is 7.47. The summed E-state index contributed by atoms with van der Waals surface area (Å²) in [6, 6.07) is 0. The summed E-state index contributed by atoms with van der Waals surface area (Å²) in [5.74, 6) is -0.620. The van der Waals surface area contributed by atoms with Crippen molar-refractivity contribution in [3.05, 3.63) is 0 Å². The maximum absolute atomic E-state index is 12.6. The van der Waals surface area contributed by atoms with Crippen molar-refractivity contribution in [2.24, 2.45) is 0 Å². The topological polar surface area (TPSA) is 35.5 Å². The van der Waals surface area contributed by atoms with E-state index in [9.17, 15) is 9.18 Å². The summed E-state index contributed by atoms with van der Waals surface area (Å²) in [4.78, 5) is 10.6. The molecule has 0 saturated carbocycles. The van der Waals surface area contributed by atoms with E-state index in [1.54, 1.807) is 0 Å². The summed E-state index contributed by atoms with van der Waals surface area (Å²) < 4.78 is 21.7. The summed E-state index contributed by atoms with van der Waals surface area (Å²) in [7, 11) is 1.22. The van der Waals surface area contributed by atoms with Crippen LogP contribution in [0.3, 0.4) is 0 Å². The summed E-state index contributed by atoms with van der Waals surface area (Å²) in [6.07, 6.45) is -1.88. The quantitative estimate of drug-likeness (QED) is 0.501. The van der Waals surface area contributed by atoms with Gasteiger partial charge in [-0.1, -0.05) is 0 Å². The predicted molar refractivity (Wildman–Crippen MR) is 31.3 cm³/mol. The van der Waals surface area contributed by atoms with Gasteiger partial charge in [-0.25, -0.2) is 9.18 Å². The second kappa shape index (κ2) is 2.96. The molecule has 0 amide bonds. The van der Waals surface area contributed by atoms with Crippen LogP contribution >= 0.6 is 0 Å². The zero-order valence-corrected chi connectivity index (χ0v) is 5.67. The molecule has 0 unspecified atom stereocenters. The maximum Gasteiger partial charge on any atom is 0.338 e. The maximum atomic E-state index is 12.6. The highest BCUT2D eigenvalue weighted by Gasteiger charge is 2.34. The van der Waals surface area contributed by atoms with Crippen molar-refractivity contribution >= 4 is 5.97 Å². The van der Waals surface area contributed by atoms with E-state index in [4.69, 9.17) is 4.74 Å². The van der Waals surface area contributed by atoms with Gasteiger partial charge in [0, 0.05) is 6.42 Å². The molecule has 58 valence electrons. The van der Waals surface area contributed by atoms with Gasteiger partial charge in [-0.3, -0.25) is 0 Å². The number of ether oxygens (including phenoxy) is 2. The molecule has 10 heavy (non-hydrogen) atoms. The van der Waals surface area contributed by atoms with E-state index in [1.807, 2.05) is 0 Å². The summed E-state index contributed by atoms with van der Waals surface area (Å²) in [5.41, 5.74) is 0. The molecule has 0 aliphatic carbocycles. The SMILES string of the molecule is COC(=O)[C@@H]1OCC[C@@H]1F. The van der Waals surface area contributed by atoms with Gasteiger partial charge in [-0.2, -0.15) is 0 Å². The summed E-state index contributed by atoms with van der Waals surface area (Å²) in [6.45, 7) is 0.306. The minimum Gasteiger partial charge on any atom is -0.467 e. The lowest BCUT2D eigenvalue weighted by Gasteiger charge is -2.07. The van der Waals surface area contributed by atoms with Gasteiger partial charge in [0.25, 0.3) is 0 Å². The van der Waals surface area contributed by atoms with E-state index in [1.165, 1.54) is 7.11 Å². The third kappa shape index (κ3) is 1.26. The monoisotopic (exact) mass is 148 g/mol. The Balaban J connectivity index is 2.46. The van der Waals surface area contributed by atoms with Gasteiger partial charge in [0.15, 0.2) is 6.10 Å². The lowest BCUT2D eigenvalue weighted by atomic mass is 10.2. The van der Waals surface area contributed by atoms with E-state index in [0.717, 1.165) is 0 Å². The van der Waals surface area contributed by atoms with Crippen LogP contribution in [0.2, 0.25) is 0 Å². The van der Waals surface area contributed by atoms with Crippen LogP contribution in [0.5, 0.6) is 0 Å². The summed E-state index contributed by atoms with van der Waals surface area (Å²) >= 11 is 0. The normalized spacial score (nSPS) is 32.2. The van der Waals surface area contributed by atoms with Gasteiger partial charge in [0.2, 0.25) is 0 Å². The van der Waals surface area contributed by atoms with Crippen molar-refractivity contribution in [2.75, 3.05) is 13.7 Å². The first-order valence-corrected chi connectivity index (χ1v) is 3.09. The average Bonchev–Trinajstić information content (AvgIpc) is 2.34. The smallest absolute Gasteiger partial charge is 0.338 e. The highest BCUT2D eigenvalue weighted by Crippen LogP contribution is 2.17. The first-order chi connectivity index (χ1) is 4.75. The molecule has 2 atom stereocenters. The lowest BCUT2D eigenvalue weighted by Crippen LogP contribution is -2.28. The third-order valence-corrected chi connectivity index (χ3v) is 1.45. The van der Waals surface area contributed by atoms with Crippen molar-refractivity contribution in [1.29, 1.82) is 0 Å². The average molecular weight is 148 g/mol. The molecule has 0 spiro atoms. The zero-order chi connectivity index (χ0) is 7.56. The van der Waals surface area contributed by atoms with Crippen LogP contribution in [0, 0.1) is 0 Å². The fourth-order valence-corrected chi connectivity index (χ4v) is 0.895. The number of alkyl halides is 1. The van der Waals surface area contributed by atoms with Gasteiger partial charge < -0.3 is 9.47 Å². The molecule has 1 rings (SSSR count). The van der Waals surface area contributed by atoms with E-state index in [-0.39, 0.29) is 0 Å². The van der Waals surface area contributed by atoms with Crippen molar-refractivity contribution in [1.82, 2.24) is 0 Å². The highest BCUT2D eigenvalue weighted by molar-refractivity contribution is 5.75. The fourth-order valence-electron chi connectivity index (χ4n) is 0.895. The molecule has 0 aromatic rings. The Kier molecular flexibility index (Phi) is 2.21. The second-order valence-corrected chi connectivity index (χ2v) is 2.12. The minimum absolute atomic E-state index is 0.291. The van der Waals surface area contributed by atoms with Crippen LogP contribution in [0.1, 0.15) is 6.42 Å². The van der Waals surface area contributed by atoms with Crippen LogP contribution in [-0.2, 0) is 14.3 Å². The molecule has 0 radical (unpaired) electrons. The molecule has 0 N–H and O–H groups in total. The molecular formula is C6H9FO3. The van der Waals surface area contributed by atoms with Crippen LogP contribution in [0.4, 0.5) is 4.39 Å². The number of carbonyl (C=O) groups excluding carboxylic acids is 1. The van der Waals surface area contributed by atoms with Gasteiger partial charge in [0.1, 0.15) is 6.17 Å². The summed E-state index contributed by atoms with van der Waals surface area (Å²) in [5, 5.41) is 0. The van der Waals surface area contributed by atoms with E-state index in [0.29, 0.717) is 13.0 Å². The van der Waals surface area contributed by atoms with Crippen LogP contribution in [0.25, 0.3) is 0 Å². The Morgan fingerprint density at radius 1 is 1.80 bits per heavy atom. The van der Waals surface area contributed by atoms with Crippen LogP contribution in [-0.4, -0.2) is 32.0 Å². The van der Waals surface area contributed by atoms with Gasteiger partial charge in [0.05, 0.1) is 13.7 Å². The standard InChI is InChI=1S/C6H9FO3/c1-9-6(8)5-4(7)2-3-10-5/h4-5H,2-3H2,1H3/t4-,5+/m0/s1. The molecule has 0 bridgehead atoms. The molecule has 1 fully saturated rings. The van der Waals surface area contributed by atoms with Crippen molar-refractivity contribution < 1.29 is 18.7 Å². The first-order valence-electron chi connectivity index (χ1n) is 3.09. The van der Waals surface area contributed by atoms with Crippen LogP contribution in [0.15, 0.2) is 0 Å². The molecule has 1 heterocycles. The molecule has 1 saturated heterocycles. The number of esters is 1. The zero-order valence-electron chi connectivity index (χ0n) is 5.67. The van der Waals surface area contributed by atoms with Crippen molar-refractivity contribution in [3.8, 4) is 0 Å². The molecule has 0 aromatic heterocycles. The molecule has 4 heteroatoms. The minimum atomic E-state index is -1.19. The Bertz CT molecular complexity index is 137. The highest BCUT2D eigenvalue weighted by atomic mass is 19.1. The molecule has 1 aliphatic rings. The van der Waals surface area contributed by atoms with E-state index < -0.39 is 18.2 Å². The number of hydrogen-bond acceptors (Lipinski definition) is 3. The number of methoxy groups -OCH3 is 1. The lowest BCUT2D eigenvalue weighted by molar-refractivity contribution is -0.153. The van der Waals surface area contributed by atoms with Crippen LogP contribution < -0.4 is 0 Å². The Morgan fingerprint density at radius 3 is 2.90 bits per heavy atom. The molecular weight excluding hydrogens is 139 g/mol. The fraction of sp³-hybridized carbons (Fsp3) is 0.833. The largest absolute Gasteiger partial charge is 0.467 e. The number of rotatable bonds is 1. The Morgan fingerprint density at radius 2 is 2.50 bits per heavy atom. The Labute approximate surface area is 58.1 Å². The number of halogens is 1. The van der Waals surface area contributed by atoms with E-state index >= 15 is 0 Å². The number of hydrogen-bond donors (Lipinski definition) is 0. The van der Waals surface area contributed by atoms with E-state index in [2.05, 4.69) is 4.74 Å². The molecule has 3 nitrogen and oxygen atoms in total. The number of carbonyl (C=O) groups is 1. The van der Waals surface area contributed by atoms with Gasteiger partial charge >= 0.3 is 5.97 Å². The van der Waals surface area contributed by atoms with Crippen molar-refractivity contribution in [2.45, 2.75) is 18.7 Å². The van der Waals surface area contributed by atoms with Crippen molar-refractivity contribution in [3.63, 3.8) is 0 Å². The second-order valence-electron chi connectivity index (χ2n) is 2.12. The Hall–Kier alpha value is -0.640. The molecule has 0 aromatic carbocycles. The predicted octanol–water partition coefficient (Wildman–Crippen LogP) is 0.286.